The monoisotopic (exact) mass is 294 g/mol. The fraction of sp³-hybridized carbons (Fsp3) is 0.538. The Kier molecular flexibility index (Phi) is 4.72. The molecule has 0 aliphatic carbocycles. The number of primary amides is 2. The highest BCUT2D eigenvalue weighted by Crippen LogP contribution is 2.26. The summed E-state index contributed by atoms with van der Waals surface area (Å²) in [7, 11) is 0. The van der Waals surface area contributed by atoms with E-state index in [2.05, 4.69) is 9.97 Å². The first-order chi connectivity index (χ1) is 9.52. The highest BCUT2D eigenvalue weighted by atomic mass is 16.2. The van der Waals surface area contributed by atoms with E-state index in [1.54, 1.807) is 6.92 Å². The Labute approximate surface area is 123 Å². The van der Waals surface area contributed by atoms with Gasteiger partial charge in [0.2, 0.25) is 11.8 Å². The molecular formula is C13H22N6O2. The van der Waals surface area contributed by atoms with Crippen molar-refractivity contribution >= 4 is 23.5 Å². The van der Waals surface area contributed by atoms with Gasteiger partial charge in [0.1, 0.15) is 17.5 Å². The summed E-state index contributed by atoms with van der Waals surface area (Å²) in [5.41, 5.74) is 16.6. The lowest BCUT2D eigenvalue weighted by atomic mass is 9.95. The maximum absolute atomic E-state index is 11.2. The Bertz CT molecular complexity index is 549. The van der Waals surface area contributed by atoms with E-state index >= 15 is 0 Å². The van der Waals surface area contributed by atoms with Gasteiger partial charge in [-0.05, 0) is 6.92 Å². The van der Waals surface area contributed by atoms with Crippen molar-refractivity contribution in [2.45, 2.75) is 33.1 Å². The van der Waals surface area contributed by atoms with E-state index in [1.165, 1.54) is 4.90 Å². The number of carbonyl (C=O) groups is 2. The number of rotatable bonds is 5. The second-order valence-electron chi connectivity index (χ2n) is 5.92. The first kappa shape index (κ1) is 16.7. The molecule has 0 aliphatic rings. The molecule has 0 saturated carbocycles. The maximum atomic E-state index is 11.2. The maximum Gasteiger partial charge on any atom is 0.237 e. The first-order valence-corrected chi connectivity index (χ1v) is 6.48. The van der Waals surface area contributed by atoms with Crippen molar-refractivity contribution in [3.05, 3.63) is 11.4 Å². The molecule has 21 heavy (non-hydrogen) atoms. The van der Waals surface area contributed by atoms with Crippen molar-refractivity contribution in [1.29, 1.82) is 0 Å². The van der Waals surface area contributed by atoms with Gasteiger partial charge >= 0.3 is 0 Å². The summed E-state index contributed by atoms with van der Waals surface area (Å²) in [5.74, 6) is 0.0173. The van der Waals surface area contributed by atoms with Crippen LogP contribution in [0.3, 0.4) is 0 Å². The molecule has 0 bridgehead atoms. The molecule has 0 atom stereocenters. The van der Waals surface area contributed by atoms with Gasteiger partial charge in [-0.25, -0.2) is 9.97 Å². The summed E-state index contributed by atoms with van der Waals surface area (Å²) < 4.78 is 0. The summed E-state index contributed by atoms with van der Waals surface area (Å²) in [6.07, 6.45) is 0. The zero-order chi connectivity index (χ0) is 16.4. The summed E-state index contributed by atoms with van der Waals surface area (Å²) >= 11 is 0. The van der Waals surface area contributed by atoms with Gasteiger partial charge in [-0.3, -0.25) is 9.59 Å². The second kappa shape index (κ2) is 5.94. The lowest BCUT2D eigenvalue weighted by molar-refractivity contribution is -0.117. The second-order valence-corrected chi connectivity index (χ2v) is 5.92. The summed E-state index contributed by atoms with van der Waals surface area (Å²) in [6.45, 7) is 7.17. The van der Waals surface area contributed by atoms with Crippen LogP contribution in [0.2, 0.25) is 0 Å². The van der Waals surface area contributed by atoms with Crippen molar-refractivity contribution in [1.82, 2.24) is 9.97 Å². The number of aromatic nitrogens is 2. The SMILES string of the molecule is Cc1c(N)nc(C(C)(C)C)nc1N(CC(N)=O)CC(N)=O. The highest BCUT2D eigenvalue weighted by molar-refractivity contribution is 5.85. The Balaban J connectivity index is 3.38. The standard InChI is InChI=1S/C13H22N6O2/c1-7-10(16)17-12(13(2,3)4)18-11(7)19(5-8(14)20)6-9(15)21/h5-6H2,1-4H3,(H2,14,20)(H2,15,21)(H2,16,17,18). The number of amides is 2. The fourth-order valence-electron chi connectivity index (χ4n) is 1.75. The molecular weight excluding hydrogens is 272 g/mol. The molecule has 0 spiro atoms. The topological polar surface area (TPSA) is 141 Å². The molecule has 8 nitrogen and oxygen atoms in total. The van der Waals surface area contributed by atoms with Crippen LogP contribution >= 0.6 is 0 Å². The van der Waals surface area contributed by atoms with E-state index in [1.807, 2.05) is 20.8 Å². The molecule has 6 N–H and O–H groups in total. The molecule has 0 radical (unpaired) electrons. The summed E-state index contributed by atoms with van der Waals surface area (Å²) in [6, 6.07) is 0. The fourth-order valence-corrected chi connectivity index (χ4v) is 1.75. The van der Waals surface area contributed by atoms with Gasteiger partial charge < -0.3 is 22.1 Å². The molecule has 116 valence electrons. The zero-order valence-corrected chi connectivity index (χ0v) is 12.8. The van der Waals surface area contributed by atoms with E-state index in [9.17, 15) is 9.59 Å². The molecule has 0 aromatic carbocycles. The molecule has 0 saturated heterocycles. The van der Waals surface area contributed by atoms with E-state index in [0.29, 0.717) is 23.0 Å². The van der Waals surface area contributed by atoms with Crippen LogP contribution in [0.5, 0.6) is 0 Å². The Morgan fingerprint density at radius 2 is 1.57 bits per heavy atom. The zero-order valence-electron chi connectivity index (χ0n) is 12.8. The Morgan fingerprint density at radius 3 is 1.95 bits per heavy atom. The van der Waals surface area contributed by atoms with Crippen LogP contribution < -0.4 is 22.1 Å². The summed E-state index contributed by atoms with van der Waals surface area (Å²) in [4.78, 5) is 32.5. The van der Waals surface area contributed by atoms with Gasteiger partial charge in [-0.1, -0.05) is 20.8 Å². The first-order valence-electron chi connectivity index (χ1n) is 6.48. The summed E-state index contributed by atoms with van der Waals surface area (Å²) in [5, 5.41) is 0. The van der Waals surface area contributed by atoms with E-state index in [0.717, 1.165) is 0 Å². The number of anilines is 2. The number of carbonyl (C=O) groups excluding carboxylic acids is 2. The predicted molar refractivity (Wildman–Crippen MR) is 80.5 cm³/mol. The average molecular weight is 294 g/mol. The van der Waals surface area contributed by atoms with Gasteiger partial charge in [0.15, 0.2) is 0 Å². The van der Waals surface area contributed by atoms with E-state index in [-0.39, 0.29) is 18.5 Å². The van der Waals surface area contributed by atoms with Crippen LogP contribution in [-0.4, -0.2) is 34.9 Å². The third kappa shape index (κ3) is 4.30. The van der Waals surface area contributed by atoms with Gasteiger partial charge in [0.05, 0.1) is 13.1 Å². The normalized spacial score (nSPS) is 11.2. The van der Waals surface area contributed by atoms with Crippen molar-refractivity contribution in [3.8, 4) is 0 Å². The van der Waals surface area contributed by atoms with Crippen LogP contribution in [0.1, 0.15) is 32.2 Å². The van der Waals surface area contributed by atoms with Crippen molar-refractivity contribution < 1.29 is 9.59 Å². The Morgan fingerprint density at radius 1 is 1.10 bits per heavy atom. The largest absolute Gasteiger partial charge is 0.383 e. The lowest BCUT2D eigenvalue weighted by Crippen LogP contribution is -2.41. The quantitative estimate of drug-likeness (QED) is 0.664. The minimum absolute atomic E-state index is 0.177. The molecule has 0 fully saturated rings. The number of hydrogen-bond donors (Lipinski definition) is 3. The molecule has 0 unspecified atom stereocenters. The molecule has 1 rings (SSSR count). The lowest BCUT2D eigenvalue weighted by Gasteiger charge is -2.26. The number of nitrogens with zero attached hydrogens (tertiary/aromatic N) is 3. The van der Waals surface area contributed by atoms with Gasteiger partial charge in [0, 0.05) is 11.0 Å². The number of hydrogen-bond acceptors (Lipinski definition) is 6. The predicted octanol–water partition coefficient (Wildman–Crippen LogP) is -0.558. The molecule has 1 heterocycles. The Hall–Kier alpha value is -2.38. The molecule has 1 aromatic rings. The van der Waals surface area contributed by atoms with Crippen LogP contribution in [-0.2, 0) is 15.0 Å². The van der Waals surface area contributed by atoms with E-state index < -0.39 is 11.8 Å². The van der Waals surface area contributed by atoms with Crippen molar-refractivity contribution in [3.63, 3.8) is 0 Å². The molecule has 1 aromatic heterocycles. The average Bonchev–Trinajstić information content (AvgIpc) is 2.28. The van der Waals surface area contributed by atoms with Gasteiger partial charge in [-0.2, -0.15) is 0 Å². The van der Waals surface area contributed by atoms with Crippen LogP contribution in [0.4, 0.5) is 11.6 Å². The number of nitrogens with two attached hydrogens (primary N) is 3. The molecule has 8 heteroatoms. The highest BCUT2D eigenvalue weighted by Gasteiger charge is 2.24. The van der Waals surface area contributed by atoms with E-state index in [4.69, 9.17) is 17.2 Å². The van der Waals surface area contributed by atoms with Gasteiger partial charge in [0.25, 0.3) is 0 Å². The van der Waals surface area contributed by atoms with Crippen LogP contribution in [0.15, 0.2) is 0 Å². The van der Waals surface area contributed by atoms with Crippen molar-refractivity contribution in [2.24, 2.45) is 11.5 Å². The van der Waals surface area contributed by atoms with Crippen LogP contribution in [0.25, 0.3) is 0 Å². The van der Waals surface area contributed by atoms with Gasteiger partial charge in [-0.15, -0.1) is 0 Å². The molecule has 0 aliphatic heterocycles. The molecule has 2 amide bonds. The minimum atomic E-state index is -0.592. The van der Waals surface area contributed by atoms with Crippen LogP contribution in [0, 0.1) is 6.92 Å². The van der Waals surface area contributed by atoms with Crippen molar-refractivity contribution in [2.75, 3.05) is 23.7 Å². The smallest absolute Gasteiger partial charge is 0.237 e. The third-order valence-corrected chi connectivity index (χ3v) is 2.82. The third-order valence-electron chi connectivity index (χ3n) is 2.82. The number of nitrogen functional groups attached to an aromatic ring is 1. The minimum Gasteiger partial charge on any atom is -0.383 e.